The number of anilines is 1. The van der Waals surface area contributed by atoms with Gasteiger partial charge in [-0.25, -0.2) is 0 Å². The van der Waals surface area contributed by atoms with Gasteiger partial charge in [-0.3, -0.25) is 0 Å². The zero-order chi connectivity index (χ0) is 22.3. The van der Waals surface area contributed by atoms with E-state index in [0.29, 0.717) is 35.1 Å². The fourth-order valence-electron chi connectivity index (χ4n) is 3.12. The summed E-state index contributed by atoms with van der Waals surface area (Å²) >= 11 is 0.233. The van der Waals surface area contributed by atoms with Gasteiger partial charge in [-0.2, -0.15) is 0 Å². The molecule has 4 aromatic rings. The summed E-state index contributed by atoms with van der Waals surface area (Å²) in [6.45, 7) is 4.90. The number of benzene rings is 2. The van der Waals surface area contributed by atoms with Crippen LogP contribution in [0.25, 0.3) is 11.2 Å². The Kier molecular flexibility index (Phi) is 7.27. The van der Waals surface area contributed by atoms with Crippen molar-refractivity contribution in [3.05, 3.63) is 78.9 Å². The van der Waals surface area contributed by atoms with Gasteiger partial charge in [0.05, 0.1) is 0 Å². The summed E-state index contributed by atoms with van der Waals surface area (Å²) in [5, 5.41) is 3.70. The molecule has 8 heteroatoms. The topological polar surface area (TPSA) is 81.9 Å². The molecule has 1 atom stereocenters. The second-order valence-corrected chi connectivity index (χ2v) is 9.97. The molecule has 1 N–H and O–H groups in total. The quantitative estimate of drug-likeness (QED) is 0.359. The van der Waals surface area contributed by atoms with Crippen LogP contribution in [0.3, 0.4) is 0 Å². The minimum atomic E-state index is -0.236. The summed E-state index contributed by atoms with van der Waals surface area (Å²) in [5.41, 5.74) is 1.74. The molecule has 7 nitrogen and oxygen atoms in total. The Morgan fingerprint density at radius 2 is 1.75 bits per heavy atom. The zero-order valence-corrected chi connectivity index (χ0v) is 19.7. The maximum atomic E-state index is 12.6. The molecule has 1 amide bonds. The van der Waals surface area contributed by atoms with Gasteiger partial charge >= 0.3 is 193 Å². The monoisotopic (exact) mass is 495 g/mol. The number of ether oxygens (including phenoxy) is 1. The van der Waals surface area contributed by atoms with Crippen molar-refractivity contribution < 1.29 is 9.53 Å². The van der Waals surface area contributed by atoms with Crippen molar-refractivity contribution in [1.29, 1.82) is 0 Å². The van der Waals surface area contributed by atoms with E-state index in [-0.39, 0.29) is 27.1 Å². The number of amides is 1. The molecule has 1 unspecified atom stereocenters. The van der Waals surface area contributed by atoms with Crippen LogP contribution in [0.1, 0.15) is 30.4 Å². The second-order valence-electron chi connectivity index (χ2n) is 7.67. The van der Waals surface area contributed by atoms with Gasteiger partial charge in [0.1, 0.15) is 0 Å². The molecule has 0 saturated carbocycles. The number of rotatable bonds is 9. The molecule has 0 aliphatic rings. The molecule has 32 heavy (non-hydrogen) atoms. The molecule has 0 radical (unpaired) electrons. The van der Waals surface area contributed by atoms with Crippen molar-refractivity contribution >= 4 is 42.3 Å². The number of aromatic nitrogens is 4. The average Bonchev–Trinajstić information content (AvgIpc) is 3.25. The van der Waals surface area contributed by atoms with Crippen molar-refractivity contribution in [3.8, 4) is 0 Å². The van der Waals surface area contributed by atoms with Crippen LogP contribution in [0.2, 0.25) is 5.32 Å². The first-order chi connectivity index (χ1) is 15.6. The van der Waals surface area contributed by atoms with Crippen LogP contribution in [0.15, 0.2) is 73.3 Å². The summed E-state index contributed by atoms with van der Waals surface area (Å²) in [5.74, 6) is 0.561. The van der Waals surface area contributed by atoms with E-state index in [2.05, 4.69) is 58.4 Å². The fraction of sp³-hybridized carbons (Fsp3) is 0.250. The first-order valence-electron chi connectivity index (χ1n) is 10.4. The van der Waals surface area contributed by atoms with Crippen LogP contribution in [-0.2, 0) is 4.74 Å². The number of fused-ring (bicyclic) bond motifs is 1. The summed E-state index contributed by atoms with van der Waals surface area (Å²) in [6.07, 6.45) is 2.97. The number of nitrogens with zero attached hydrogens (tertiary/aromatic N) is 4. The fourth-order valence-corrected chi connectivity index (χ4v) is 5.10. The predicted molar refractivity (Wildman–Crippen MR) is 126 cm³/mol. The Morgan fingerprint density at radius 3 is 2.47 bits per heavy atom. The molecule has 0 aliphatic carbocycles. The Bertz CT molecular complexity index is 1160. The average molecular weight is 494 g/mol. The molecule has 0 fully saturated rings. The summed E-state index contributed by atoms with van der Waals surface area (Å²) < 4.78 is 9.52. The summed E-state index contributed by atoms with van der Waals surface area (Å²) in [4.78, 5) is 25.8. The molecule has 0 spiro atoms. The van der Waals surface area contributed by atoms with Crippen molar-refractivity contribution in [3.63, 3.8) is 0 Å². The van der Waals surface area contributed by atoms with Crippen molar-refractivity contribution in [1.82, 2.24) is 19.5 Å². The molecular formula is C24H25N5O2Se. The van der Waals surface area contributed by atoms with Gasteiger partial charge in [-0.05, 0) is 0 Å². The molecule has 2 aromatic heterocycles. The van der Waals surface area contributed by atoms with Gasteiger partial charge in [0.25, 0.3) is 0 Å². The third kappa shape index (κ3) is 5.40. The molecule has 0 bridgehead atoms. The van der Waals surface area contributed by atoms with E-state index in [1.54, 1.807) is 18.5 Å². The molecule has 0 aliphatic heterocycles. The number of imidazole rings is 1. The standard InChI is InChI=1S/C24H25N5O2Se/c1-17(2)13-31-20(14-32-19-11-7-4-8-12-19)29-16-27-21-22(25-15-26-23(21)29)28-24(30)18-9-5-3-6-10-18/h3-12,15-17,20H,13-14H2,1-2H3,(H,25,26,28,30). The molecular weight excluding hydrogens is 469 g/mol. The normalized spacial score (nSPS) is 12.2. The number of hydrogen-bond acceptors (Lipinski definition) is 5. The number of carbonyl (C=O) groups excluding carboxylic acids is 1. The predicted octanol–water partition coefficient (Wildman–Crippen LogP) is 3.70. The minimum absolute atomic E-state index is 0.199. The van der Waals surface area contributed by atoms with E-state index < -0.39 is 0 Å². The number of hydrogen-bond donors (Lipinski definition) is 1. The van der Waals surface area contributed by atoms with E-state index in [1.807, 2.05) is 28.8 Å². The first-order valence-corrected chi connectivity index (χ1v) is 12.5. The summed E-state index contributed by atoms with van der Waals surface area (Å²) in [7, 11) is 0. The van der Waals surface area contributed by atoms with Gasteiger partial charge in [0.2, 0.25) is 0 Å². The van der Waals surface area contributed by atoms with Crippen LogP contribution in [0, 0.1) is 5.92 Å². The van der Waals surface area contributed by atoms with Gasteiger partial charge < -0.3 is 0 Å². The van der Waals surface area contributed by atoms with Gasteiger partial charge in [-0.1, -0.05) is 0 Å². The Labute approximate surface area is 193 Å². The van der Waals surface area contributed by atoms with Crippen molar-refractivity contribution in [2.75, 3.05) is 11.9 Å². The van der Waals surface area contributed by atoms with E-state index in [1.165, 1.54) is 10.8 Å². The van der Waals surface area contributed by atoms with Gasteiger partial charge in [0, 0.05) is 0 Å². The van der Waals surface area contributed by atoms with E-state index in [0.717, 1.165) is 5.32 Å². The van der Waals surface area contributed by atoms with Crippen LogP contribution < -0.4 is 9.78 Å². The Balaban J connectivity index is 1.59. The third-order valence-electron chi connectivity index (χ3n) is 4.69. The SMILES string of the molecule is CC(C)COC(C[Se]c1ccccc1)n1cnc2c(NC(=O)c3ccccc3)ncnc21. The van der Waals surface area contributed by atoms with E-state index in [9.17, 15) is 4.79 Å². The van der Waals surface area contributed by atoms with Gasteiger partial charge in [0.15, 0.2) is 0 Å². The van der Waals surface area contributed by atoms with E-state index >= 15 is 0 Å². The molecule has 4 rings (SSSR count). The molecule has 2 aromatic carbocycles. The Hall–Kier alpha value is -3.06. The molecule has 164 valence electrons. The molecule has 0 saturated heterocycles. The Morgan fingerprint density at radius 1 is 1.03 bits per heavy atom. The van der Waals surface area contributed by atoms with Crippen LogP contribution in [-0.4, -0.2) is 47.0 Å². The van der Waals surface area contributed by atoms with E-state index in [4.69, 9.17) is 4.74 Å². The van der Waals surface area contributed by atoms with Crippen LogP contribution in [0.5, 0.6) is 0 Å². The maximum absolute atomic E-state index is 12.6. The van der Waals surface area contributed by atoms with Crippen molar-refractivity contribution in [2.24, 2.45) is 5.92 Å². The summed E-state index contributed by atoms with van der Waals surface area (Å²) in [6, 6.07) is 19.5. The second kappa shape index (κ2) is 10.5. The van der Waals surface area contributed by atoms with Crippen LogP contribution >= 0.6 is 0 Å². The molecule has 2 heterocycles. The number of carbonyl (C=O) groups is 1. The number of nitrogens with one attached hydrogen (secondary N) is 1. The zero-order valence-electron chi connectivity index (χ0n) is 18.0. The first kappa shape index (κ1) is 22.1. The van der Waals surface area contributed by atoms with Gasteiger partial charge in [-0.15, -0.1) is 0 Å². The van der Waals surface area contributed by atoms with Crippen molar-refractivity contribution in [2.45, 2.75) is 25.4 Å². The third-order valence-corrected chi connectivity index (χ3v) is 6.91. The van der Waals surface area contributed by atoms with Crippen LogP contribution in [0.4, 0.5) is 5.82 Å².